The minimum atomic E-state index is 0.328. The third-order valence-corrected chi connectivity index (χ3v) is 3.85. The van der Waals surface area contributed by atoms with Crippen LogP contribution in [0, 0.1) is 0 Å². The number of hydrogen-bond donors (Lipinski definition) is 0. The molecule has 0 atom stereocenters. The summed E-state index contributed by atoms with van der Waals surface area (Å²) < 4.78 is 2.03. The highest BCUT2D eigenvalue weighted by atomic mass is 35.5. The molecule has 3 aromatic rings. The summed E-state index contributed by atoms with van der Waals surface area (Å²) in [6.45, 7) is 2.17. The molecule has 0 N–H and O–H groups in total. The molecule has 0 aliphatic rings. The van der Waals surface area contributed by atoms with Gasteiger partial charge in [0, 0.05) is 6.20 Å². The van der Waals surface area contributed by atoms with E-state index in [2.05, 4.69) is 35.1 Å². The molecule has 0 saturated heterocycles. The van der Waals surface area contributed by atoms with Crippen LogP contribution < -0.4 is 0 Å². The van der Waals surface area contributed by atoms with E-state index in [-0.39, 0.29) is 0 Å². The van der Waals surface area contributed by atoms with Gasteiger partial charge in [-0.15, -0.1) is 11.6 Å². The molecule has 2 aromatic heterocycles. The van der Waals surface area contributed by atoms with Crippen LogP contribution >= 0.6 is 23.2 Å². The summed E-state index contributed by atoms with van der Waals surface area (Å²) >= 11 is 12.1. The van der Waals surface area contributed by atoms with Crippen LogP contribution in [0.25, 0.3) is 16.9 Å². The molecule has 1 aromatic carbocycles. The number of fused-ring (bicyclic) bond motifs is 1. The lowest BCUT2D eigenvalue weighted by molar-refractivity contribution is 0.886. The lowest BCUT2D eigenvalue weighted by Gasteiger charge is -2.12. The number of aryl methyl sites for hydroxylation is 1. The zero-order chi connectivity index (χ0) is 14.8. The minimum absolute atomic E-state index is 0.328. The first-order valence-electron chi connectivity index (χ1n) is 6.91. The average molecular weight is 320 g/mol. The zero-order valence-corrected chi connectivity index (χ0v) is 13.2. The van der Waals surface area contributed by atoms with Crippen LogP contribution in [0.5, 0.6) is 0 Å². The number of imidazole rings is 1. The second kappa shape index (κ2) is 6.04. The molecule has 3 rings (SSSR count). The van der Waals surface area contributed by atoms with Crippen molar-refractivity contribution >= 4 is 34.4 Å². The summed E-state index contributed by atoms with van der Waals surface area (Å²) in [6.07, 6.45) is 3.73. The second-order valence-corrected chi connectivity index (χ2v) is 5.58. The molecule has 0 saturated carbocycles. The highest BCUT2D eigenvalue weighted by Gasteiger charge is 2.15. The van der Waals surface area contributed by atoms with Crippen molar-refractivity contribution in [3.63, 3.8) is 0 Å². The van der Waals surface area contributed by atoms with E-state index in [9.17, 15) is 0 Å². The summed E-state index contributed by atoms with van der Waals surface area (Å²) in [4.78, 5) is 8.99. The molecule has 2 heterocycles. The fraction of sp³-hybridized carbons (Fsp3) is 0.250. The molecule has 0 unspecified atom stereocenters. The van der Waals surface area contributed by atoms with Gasteiger partial charge in [-0.25, -0.2) is 9.97 Å². The number of pyridine rings is 1. The van der Waals surface area contributed by atoms with Crippen LogP contribution in [-0.4, -0.2) is 14.5 Å². The van der Waals surface area contributed by atoms with E-state index in [0.29, 0.717) is 10.9 Å². The molecule has 0 aliphatic heterocycles. The van der Waals surface area contributed by atoms with Crippen molar-refractivity contribution in [2.45, 2.75) is 25.6 Å². The number of nitrogens with zero attached hydrogens (tertiary/aromatic N) is 3. The Kier molecular flexibility index (Phi) is 4.13. The maximum atomic E-state index is 6.08. The Morgan fingerprint density at radius 1 is 1.24 bits per heavy atom. The molecular formula is C16H15Cl2N3. The summed E-state index contributed by atoms with van der Waals surface area (Å²) in [6, 6.07) is 10.1. The van der Waals surface area contributed by atoms with E-state index in [1.165, 1.54) is 5.56 Å². The lowest BCUT2D eigenvalue weighted by Crippen LogP contribution is -2.04. The molecule has 3 nitrogen and oxygen atoms in total. The lowest BCUT2D eigenvalue weighted by atomic mass is 10.1. The van der Waals surface area contributed by atoms with Crippen LogP contribution in [0.2, 0.25) is 5.02 Å². The maximum absolute atomic E-state index is 6.08. The Balaban J connectivity index is 2.29. The van der Waals surface area contributed by atoms with Gasteiger partial charge in [-0.1, -0.05) is 43.1 Å². The number of aromatic nitrogens is 3. The molecule has 5 heteroatoms. The predicted molar refractivity (Wildman–Crippen MR) is 87.4 cm³/mol. The van der Waals surface area contributed by atoms with Gasteiger partial charge in [0.25, 0.3) is 0 Å². The van der Waals surface area contributed by atoms with Crippen LogP contribution in [0.4, 0.5) is 0 Å². The highest BCUT2D eigenvalue weighted by molar-refractivity contribution is 6.31. The number of rotatable bonds is 4. The summed E-state index contributed by atoms with van der Waals surface area (Å²) in [5, 5.41) is 0.579. The molecule has 0 bridgehead atoms. The third kappa shape index (κ3) is 2.63. The number of alkyl halides is 1. The number of halogens is 2. The van der Waals surface area contributed by atoms with Crippen LogP contribution in [0.1, 0.15) is 24.7 Å². The molecule has 0 spiro atoms. The van der Waals surface area contributed by atoms with Gasteiger partial charge < -0.3 is 0 Å². The van der Waals surface area contributed by atoms with Gasteiger partial charge in [0.15, 0.2) is 5.65 Å². The maximum Gasteiger partial charge on any atom is 0.164 e. The Hall–Kier alpha value is -1.58. The molecule has 0 radical (unpaired) electrons. The van der Waals surface area contributed by atoms with Gasteiger partial charge in [0.2, 0.25) is 0 Å². The second-order valence-electron chi connectivity index (χ2n) is 4.87. The zero-order valence-electron chi connectivity index (χ0n) is 11.7. The van der Waals surface area contributed by atoms with Gasteiger partial charge >= 0.3 is 0 Å². The third-order valence-electron chi connectivity index (χ3n) is 3.40. The van der Waals surface area contributed by atoms with Crippen LogP contribution in [0.3, 0.4) is 0 Å². The quantitative estimate of drug-likeness (QED) is 0.649. The highest BCUT2D eigenvalue weighted by Crippen LogP contribution is 2.26. The summed E-state index contributed by atoms with van der Waals surface area (Å²) in [5.74, 6) is 1.11. The van der Waals surface area contributed by atoms with Crippen molar-refractivity contribution in [3.05, 3.63) is 52.9 Å². The Morgan fingerprint density at radius 3 is 2.81 bits per heavy atom. The topological polar surface area (TPSA) is 30.7 Å². The standard InChI is InChI=1S/C16H15Cl2N3/c1-2-5-11-6-3-4-7-14(11)21-15(9-17)20-13-8-12(18)10-19-16(13)21/h3-4,6-8,10H,2,5,9H2,1H3. The van der Waals surface area contributed by atoms with Gasteiger partial charge in [0.05, 0.1) is 16.6 Å². The van der Waals surface area contributed by atoms with E-state index in [1.807, 2.05) is 16.7 Å². The minimum Gasteiger partial charge on any atom is -0.279 e. The fourth-order valence-electron chi connectivity index (χ4n) is 2.54. The van der Waals surface area contributed by atoms with Crippen molar-refractivity contribution in [3.8, 4) is 5.69 Å². The van der Waals surface area contributed by atoms with Crippen molar-refractivity contribution in [1.82, 2.24) is 14.5 Å². The first-order chi connectivity index (χ1) is 10.2. The number of benzene rings is 1. The Morgan fingerprint density at radius 2 is 2.05 bits per heavy atom. The molecule has 0 fully saturated rings. The average Bonchev–Trinajstić information content (AvgIpc) is 2.85. The largest absolute Gasteiger partial charge is 0.279 e. The first-order valence-corrected chi connectivity index (χ1v) is 7.83. The van der Waals surface area contributed by atoms with Gasteiger partial charge in [0.1, 0.15) is 11.3 Å². The summed E-state index contributed by atoms with van der Waals surface area (Å²) in [5.41, 5.74) is 3.91. The predicted octanol–water partition coefficient (Wildman–Crippen LogP) is 4.77. The molecule has 0 aliphatic carbocycles. The van der Waals surface area contributed by atoms with Gasteiger partial charge in [-0.2, -0.15) is 0 Å². The van der Waals surface area contributed by atoms with E-state index >= 15 is 0 Å². The molecule has 0 amide bonds. The van der Waals surface area contributed by atoms with Gasteiger partial charge in [-0.3, -0.25) is 4.57 Å². The van der Waals surface area contributed by atoms with Crippen molar-refractivity contribution < 1.29 is 0 Å². The molecule has 108 valence electrons. The number of para-hydroxylation sites is 1. The fourth-order valence-corrected chi connectivity index (χ4v) is 2.87. The van der Waals surface area contributed by atoms with Crippen LogP contribution in [0.15, 0.2) is 36.5 Å². The van der Waals surface area contributed by atoms with Crippen molar-refractivity contribution in [2.75, 3.05) is 0 Å². The normalized spacial score (nSPS) is 11.2. The molecule has 21 heavy (non-hydrogen) atoms. The summed E-state index contributed by atoms with van der Waals surface area (Å²) in [7, 11) is 0. The SMILES string of the molecule is CCCc1ccccc1-n1c(CCl)nc2cc(Cl)cnc21. The van der Waals surface area contributed by atoms with E-state index in [4.69, 9.17) is 23.2 Å². The number of hydrogen-bond acceptors (Lipinski definition) is 2. The van der Waals surface area contributed by atoms with Crippen molar-refractivity contribution in [2.24, 2.45) is 0 Å². The smallest absolute Gasteiger partial charge is 0.164 e. The van der Waals surface area contributed by atoms with E-state index in [1.54, 1.807) is 6.20 Å². The van der Waals surface area contributed by atoms with E-state index < -0.39 is 0 Å². The van der Waals surface area contributed by atoms with Crippen molar-refractivity contribution in [1.29, 1.82) is 0 Å². The first kappa shape index (κ1) is 14.4. The Labute approximate surface area is 133 Å². The monoisotopic (exact) mass is 319 g/mol. The van der Waals surface area contributed by atoms with E-state index in [0.717, 1.165) is 35.5 Å². The van der Waals surface area contributed by atoms with Gasteiger partial charge in [-0.05, 0) is 24.1 Å². The molecular weight excluding hydrogens is 305 g/mol. The van der Waals surface area contributed by atoms with Crippen LogP contribution in [-0.2, 0) is 12.3 Å². The Bertz CT molecular complexity index is 780.